The summed E-state index contributed by atoms with van der Waals surface area (Å²) in [5.74, 6) is 0. The van der Waals surface area contributed by atoms with Crippen molar-refractivity contribution in [1.29, 1.82) is 10.5 Å². The van der Waals surface area contributed by atoms with Gasteiger partial charge in [0.15, 0.2) is 0 Å². The normalized spacial score (nSPS) is 8.72. The van der Waals surface area contributed by atoms with Crippen LogP contribution >= 0.6 is 46.4 Å². The minimum absolute atomic E-state index is 0.0363. The average molecular weight is 328 g/mol. The van der Waals surface area contributed by atoms with Crippen LogP contribution in [0.25, 0.3) is 0 Å². The van der Waals surface area contributed by atoms with Crippen LogP contribution < -0.4 is 0 Å². The van der Waals surface area contributed by atoms with Crippen LogP contribution in [0.15, 0.2) is 0 Å². The highest BCUT2D eigenvalue weighted by Gasteiger charge is 2.19. The van der Waals surface area contributed by atoms with E-state index in [1.54, 1.807) is 12.1 Å². The predicted octanol–water partition coefficient (Wildman–Crippen LogP) is 1.99. The third-order valence-electron chi connectivity index (χ3n) is 1.49. The van der Waals surface area contributed by atoms with Crippen molar-refractivity contribution in [1.82, 2.24) is 0 Å². The van der Waals surface area contributed by atoms with Gasteiger partial charge in [-0.2, -0.15) is 10.5 Å². The zero-order valence-electron chi connectivity index (χ0n) is 8.33. The van der Waals surface area contributed by atoms with Gasteiger partial charge in [0, 0.05) is 0 Å². The Labute approximate surface area is 122 Å². The third-order valence-corrected chi connectivity index (χ3v) is 3.19. The Kier molecular flexibility index (Phi) is 7.38. The summed E-state index contributed by atoms with van der Waals surface area (Å²) in [4.78, 5) is 0. The van der Waals surface area contributed by atoms with Gasteiger partial charge in [-0.1, -0.05) is 46.4 Å². The van der Waals surface area contributed by atoms with E-state index in [1.165, 1.54) is 0 Å². The van der Waals surface area contributed by atoms with E-state index >= 15 is 0 Å². The van der Waals surface area contributed by atoms with Gasteiger partial charge in [-0.25, -0.2) is 0 Å². The van der Waals surface area contributed by atoms with Gasteiger partial charge in [-0.05, 0) is 0 Å². The fraction of sp³-hybridized carbons (Fsp3) is 0. The summed E-state index contributed by atoms with van der Waals surface area (Å²) in [6.45, 7) is 0. The van der Waals surface area contributed by atoms with Crippen molar-refractivity contribution in [2.45, 2.75) is 0 Å². The van der Waals surface area contributed by atoms with Crippen molar-refractivity contribution in [3.63, 3.8) is 0 Å². The number of nitriles is 2. The molecule has 0 spiro atoms. The zero-order valence-corrected chi connectivity index (χ0v) is 11.3. The van der Waals surface area contributed by atoms with E-state index in [2.05, 4.69) is 0 Å². The SMILES string of the molecule is N#Cc1c(Cl)c(Cl)c(Cl)c(C#N)c1Cl.OB(O)O. The van der Waals surface area contributed by atoms with E-state index in [0.29, 0.717) is 0 Å². The Hall–Kier alpha value is -0.695. The second-order valence-corrected chi connectivity index (χ2v) is 4.09. The summed E-state index contributed by atoms with van der Waals surface area (Å²) >= 11 is 22.8. The van der Waals surface area contributed by atoms with Crippen LogP contribution in [0.2, 0.25) is 20.1 Å². The van der Waals surface area contributed by atoms with Crippen LogP contribution in [0.1, 0.15) is 11.1 Å². The molecule has 3 N–H and O–H groups in total. The molecule has 18 heavy (non-hydrogen) atoms. The molecule has 1 rings (SSSR count). The minimum atomic E-state index is -2.17. The molecule has 0 aliphatic rings. The van der Waals surface area contributed by atoms with Crippen molar-refractivity contribution in [3.05, 3.63) is 31.2 Å². The molecule has 0 fully saturated rings. The maximum atomic E-state index is 8.70. The van der Waals surface area contributed by atoms with Crippen molar-refractivity contribution in [3.8, 4) is 12.1 Å². The highest BCUT2D eigenvalue weighted by atomic mass is 35.5. The number of hydrogen-bond donors (Lipinski definition) is 3. The number of rotatable bonds is 0. The molecule has 0 amide bonds. The first kappa shape index (κ1) is 17.3. The molecule has 5 nitrogen and oxygen atoms in total. The largest absolute Gasteiger partial charge is 0.631 e. The molecule has 10 heteroatoms. The summed E-state index contributed by atoms with van der Waals surface area (Å²) < 4.78 is 0. The number of hydrogen-bond acceptors (Lipinski definition) is 5. The highest BCUT2D eigenvalue weighted by molar-refractivity contribution is 6.50. The van der Waals surface area contributed by atoms with Gasteiger partial charge in [0.1, 0.15) is 12.1 Å². The summed E-state index contributed by atoms with van der Waals surface area (Å²) in [5, 5.41) is 38.7. The molecule has 0 radical (unpaired) electrons. The summed E-state index contributed by atoms with van der Waals surface area (Å²) in [6, 6.07) is 3.50. The summed E-state index contributed by atoms with van der Waals surface area (Å²) in [6.07, 6.45) is 0. The summed E-state index contributed by atoms with van der Waals surface area (Å²) in [7, 11) is -2.17. The van der Waals surface area contributed by atoms with Crippen molar-refractivity contribution in [2.75, 3.05) is 0 Å². The Morgan fingerprint density at radius 2 is 1.00 bits per heavy atom. The molecular formula is C8H3BCl4N2O3. The van der Waals surface area contributed by atoms with Crippen LogP contribution in [0.4, 0.5) is 0 Å². The summed E-state index contributed by atoms with van der Waals surface area (Å²) in [5.41, 5.74) is -0.0847. The van der Waals surface area contributed by atoms with Crippen LogP contribution in [0.3, 0.4) is 0 Å². The molecule has 0 saturated carbocycles. The van der Waals surface area contributed by atoms with E-state index in [0.717, 1.165) is 0 Å². The van der Waals surface area contributed by atoms with Gasteiger partial charge in [0.25, 0.3) is 0 Å². The number of halogens is 4. The molecule has 0 unspecified atom stereocenters. The van der Waals surface area contributed by atoms with E-state index in [9.17, 15) is 0 Å². The maximum Gasteiger partial charge on any atom is 0.631 e. The van der Waals surface area contributed by atoms with Crippen LogP contribution in [0.5, 0.6) is 0 Å². The Morgan fingerprint density at radius 1 is 0.722 bits per heavy atom. The molecule has 1 aromatic carbocycles. The Morgan fingerprint density at radius 3 is 1.22 bits per heavy atom. The van der Waals surface area contributed by atoms with E-state index in [-0.39, 0.29) is 31.2 Å². The molecule has 0 aromatic heterocycles. The second kappa shape index (κ2) is 7.68. The fourth-order valence-electron chi connectivity index (χ4n) is 0.830. The van der Waals surface area contributed by atoms with Gasteiger partial charge in [-0.15, -0.1) is 0 Å². The van der Waals surface area contributed by atoms with Gasteiger partial charge in [0.2, 0.25) is 0 Å². The molecule has 0 atom stereocenters. The Bertz CT molecular complexity index is 495. The number of benzene rings is 1. The molecule has 1 aromatic rings. The van der Waals surface area contributed by atoms with E-state index in [4.69, 9.17) is 72.0 Å². The van der Waals surface area contributed by atoms with Gasteiger partial charge in [-0.3, -0.25) is 0 Å². The number of nitrogens with zero attached hydrogens (tertiary/aromatic N) is 2. The molecule has 94 valence electrons. The Balaban J connectivity index is 0.000000631. The maximum absolute atomic E-state index is 8.70. The molecule has 0 aliphatic carbocycles. The molecule has 0 saturated heterocycles. The predicted molar refractivity (Wildman–Crippen MR) is 68.3 cm³/mol. The van der Waals surface area contributed by atoms with Gasteiger partial charge < -0.3 is 15.1 Å². The second-order valence-electron chi connectivity index (χ2n) is 2.58. The lowest BCUT2D eigenvalue weighted by atomic mass is 10.1. The smallest absolute Gasteiger partial charge is 0.402 e. The lowest BCUT2D eigenvalue weighted by Gasteiger charge is -2.05. The van der Waals surface area contributed by atoms with Gasteiger partial charge in [0.05, 0.1) is 31.2 Å². The minimum Gasteiger partial charge on any atom is -0.402 e. The van der Waals surface area contributed by atoms with Crippen LogP contribution in [-0.2, 0) is 0 Å². The quantitative estimate of drug-likeness (QED) is 0.383. The van der Waals surface area contributed by atoms with Gasteiger partial charge >= 0.3 is 7.32 Å². The van der Waals surface area contributed by atoms with Crippen molar-refractivity contribution >= 4 is 53.7 Å². The van der Waals surface area contributed by atoms with E-state index in [1.807, 2.05) is 0 Å². The molecule has 0 bridgehead atoms. The molecule has 0 aliphatic heterocycles. The van der Waals surface area contributed by atoms with Crippen molar-refractivity contribution in [2.24, 2.45) is 0 Å². The molecule has 0 heterocycles. The first-order chi connectivity index (χ1) is 8.27. The van der Waals surface area contributed by atoms with Crippen molar-refractivity contribution < 1.29 is 15.1 Å². The first-order valence-electron chi connectivity index (χ1n) is 3.98. The fourth-order valence-corrected chi connectivity index (χ4v) is 1.90. The lowest BCUT2D eigenvalue weighted by molar-refractivity contribution is 0.278. The van der Waals surface area contributed by atoms with E-state index < -0.39 is 7.32 Å². The first-order valence-corrected chi connectivity index (χ1v) is 5.49. The average Bonchev–Trinajstić information content (AvgIpc) is 2.27. The van der Waals surface area contributed by atoms with Crippen LogP contribution in [-0.4, -0.2) is 22.4 Å². The monoisotopic (exact) mass is 326 g/mol. The molecular weight excluding hydrogens is 325 g/mol. The third kappa shape index (κ3) is 4.20. The standard InChI is InChI=1S/C8Cl4N2.BH3O3/c9-5-3(1-13)6(10)8(12)7(11)4(5)2-14;2-1(3)4/h;2-4H. The zero-order chi connectivity index (χ0) is 14.5. The van der Waals surface area contributed by atoms with Crippen LogP contribution in [0, 0.1) is 22.7 Å². The lowest BCUT2D eigenvalue weighted by Crippen LogP contribution is -2.07. The topological polar surface area (TPSA) is 108 Å². The highest BCUT2D eigenvalue weighted by Crippen LogP contribution is 2.40.